The first kappa shape index (κ1) is 64.1. The number of ether oxygens (including phenoxy) is 4. The van der Waals surface area contributed by atoms with Crippen LogP contribution in [0.25, 0.3) is 10.9 Å². The maximum absolute atomic E-state index is 13.9. The minimum Gasteiger partial charge on any atom is -0.548 e. The van der Waals surface area contributed by atoms with Crippen molar-refractivity contribution in [3.05, 3.63) is 65.4 Å². The van der Waals surface area contributed by atoms with Crippen LogP contribution >= 0.6 is 0 Å². The predicted octanol–water partition coefficient (Wildman–Crippen LogP) is 1.26. The molecule has 4 rings (SSSR count). The summed E-state index contributed by atoms with van der Waals surface area (Å²) in [5.74, 6) is -4.78. The highest BCUT2D eigenvalue weighted by atomic mass is 19.4. The van der Waals surface area contributed by atoms with Gasteiger partial charge in [0.25, 0.3) is 17.7 Å². The number of unbranched alkanes of at least 4 members (excludes halogenated alkanes) is 2. The lowest BCUT2D eigenvalue weighted by Crippen LogP contribution is -2.54. The Morgan fingerprint density at radius 3 is 2.11 bits per heavy atom. The molecule has 7 amide bonds. The van der Waals surface area contributed by atoms with Crippen molar-refractivity contribution >= 4 is 63.9 Å². The van der Waals surface area contributed by atoms with Gasteiger partial charge in [-0.15, -0.1) is 0 Å². The summed E-state index contributed by atoms with van der Waals surface area (Å²) in [6, 6.07) is 8.71. The number of likely N-dealkylation sites (tertiary alicyclic amines) is 1. The van der Waals surface area contributed by atoms with Crippen molar-refractivity contribution in [3.8, 4) is 11.8 Å². The van der Waals surface area contributed by atoms with E-state index in [1.165, 1.54) is 36.2 Å². The van der Waals surface area contributed by atoms with E-state index in [1.807, 2.05) is 0 Å². The normalized spacial score (nSPS) is 14.1. The van der Waals surface area contributed by atoms with Crippen LogP contribution in [-0.4, -0.2) is 175 Å². The third-order valence-corrected chi connectivity index (χ3v) is 12.3. The number of alkyl halides is 3. The van der Waals surface area contributed by atoms with Gasteiger partial charge in [-0.25, -0.2) is 0 Å². The lowest BCUT2D eigenvalue weighted by atomic mass is 10.0. The van der Waals surface area contributed by atoms with Gasteiger partial charge in [-0.2, -0.15) is 18.4 Å². The number of amides is 7. The highest BCUT2D eigenvalue weighted by molar-refractivity contribution is 6.07. The fourth-order valence-corrected chi connectivity index (χ4v) is 8.20. The summed E-state index contributed by atoms with van der Waals surface area (Å²) < 4.78 is 63.6. The smallest absolute Gasteiger partial charge is 0.422 e. The van der Waals surface area contributed by atoms with Crippen molar-refractivity contribution in [2.75, 3.05) is 100 Å². The van der Waals surface area contributed by atoms with Crippen molar-refractivity contribution in [3.63, 3.8) is 0 Å². The second kappa shape index (κ2) is 32.4. The molecule has 0 saturated carbocycles. The van der Waals surface area contributed by atoms with Crippen molar-refractivity contribution in [2.24, 2.45) is 0 Å². The van der Waals surface area contributed by atoms with E-state index in [1.54, 1.807) is 39.3 Å². The number of carbonyl (C=O) groups is 8. The van der Waals surface area contributed by atoms with Crippen molar-refractivity contribution in [1.82, 2.24) is 46.3 Å². The number of aromatic nitrogens is 1. The van der Waals surface area contributed by atoms with Gasteiger partial charge in [0.1, 0.15) is 29.1 Å². The Kier molecular flexibility index (Phi) is 26.3. The highest BCUT2D eigenvalue weighted by Crippen LogP contribution is 2.38. The summed E-state index contributed by atoms with van der Waals surface area (Å²) >= 11 is 0. The first-order chi connectivity index (χ1) is 37.6. The van der Waals surface area contributed by atoms with E-state index in [-0.39, 0.29) is 126 Å². The maximum Gasteiger partial charge on any atom is 0.422 e. The lowest BCUT2D eigenvalue weighted by molar-refractivity contribution is -0.308. The Bertz CT molecular complexity index is 2610. The van der Waals surface area contributed by atoms with E-state index in [4.69, 9.17) is 18.9 Å². The molecule has 6 N–H and O–H groups in total. The summed E-state index contributed by atoms with van der Waals surface area (Å²) in [5.41, 5.74) is -0.416. The first-order valence-corrected chi connectivity index (χ1v) is 25.9. The Morgan fingerprint density at radius 1 is 0.785 bits per heavy atom. The maximum atomic E-state index is 13.9. The molecule has 0 bridgehead atoms. The summed E-state index contributed by atoms with van der Waals surface area (Å²) in [5, 5.41) is 37.2. The zero-order valence-corrected chi connectivity index (χ0v) is 44.9. The Morgan fingerprint density at radius 2 is 1.46 bits per heavy atom. The molecule has 26 heteroatoms. The van der Waals surface area contributed by atoms with Crippen molar-refractivity contribution in [1.29, 1.82) is 5.26 Å². The van der Waals surface area contributed by atoms with E-state index < -0.39 is 65.4 Å². The third kappa shape index (κ3) is 22.4. The summed E-state index contributed by atoms with van der Waals surface area (Å²) in [4.78, 5) is 106. The summed E-state index contributed by atoms with van der Waals surface area (Å²) in [7, 11) is 4.73. The van der Waals surface area contributed by atoms with E-state index in [0.717, 1.165) is 12.5 Å². The van der Waals surface area contributed by atoms with Crippen molar-refractivity contribution in [2.45, 2.75) is 89.0 Å². The Hall–Kier alpha value is -7.47. The molecule has 1 aliphatic heterocycles. The average Bonchev–Trinajstić information content (AvgIpc) is 3.93. The summed E-state index contributed by atoms with van der Waals surface area (Å²) in [6.45, 7) is 2.58. The molecule has 2 heterocycles. The number of carboxylic acid groups (broad SMARTS) is 1. The molecule has 3 aromatic rings. The van der Waals surface area contributed by atoms with Crippen LogP contribution in [0.15, 0.2) is 48.7 Å². The fraction of sp³-hybridized carbons (Fsp3) is 0.547. The monoisotopic (exact) mass is 1110 g/mol. The lowest BCUT2D eigenvalue weighted by Gasteiger charge is -2.27. The van der Waals surface area contributed by atoms with Crippen LogP contribution in [0.3, 0.4) is 0 Å². The predicted molar refractivity (Wildman–Crippen MR) is 279 cm³/mol. The number of nitriles is 1. The minimum atomic E-state index is -4.70. The summed E-state index contributed by atoms with van der Waals surface area (Å²) in [6.07, 6.45) is -0.834. The average molecular weight is 1110 g/mol. The number of quaternary nitrogens is 1. The van der Waals surface area contributed by atoms with Gasteiger partial charge in [-0.1, -0.05) is 0 Å². The van der Waals surface area contributed by atoms with E-state index in [2.05, 4.69) is 43.0 Å². The molecule has 1 aliphatic rings. The number of nitrogens with zero attached hydrogens (tertiary/aromatic N) is 4. The van der Waals surface area contributed by atoms with Crippen molar-refractivity contribution < 1.29 is 75.6 Å². The van der Waals surface area contributed by atoms with Crippen LogP contribution < -0.4 is 46.2 Å². The first-order valence-electron chi connectivity index (χ1n) is 25.9. The standard InChI is InChI=1S/C53H71F3N10O13/c1-35(67)58-19-7-6-12-43(52(74)75)64-51(73)42(11-5-8-20-61-49(71)36-13-16-45(66(2,3)4)41(30-36)53(54,55)56)63-46(68)18-24-76-26-28-78-29-27-77-25-22-60-47(69)34-79-38-14-15-39-40(17-21-59-44(39)31-38)50(72)62-33-48(70)65-23-9-10-37(65)32-57/h13-17,21,30-31,37,42-43H,5-12,18-20,22-29,33-34H2,1-4H3,(H6-,58,60,61,62,63,64,67,68,69,71,72,73,74,75)/t37-,42-,43-/m0/s1. The molecule has 0 spiro atoms. The van der Waals surface area contributed by atoms with Gasteiger partial charge < -0.3 is 65.6 Å². The number of fused-ring (bicyclic) bond motifs is 1. The molecular formula is C53H71F3N10O13. The molecule has 79 heavy (non-hydrogen) atoms. The van der Waals surface area contributed by atoms with Crippen LogP contribution in [0.1, 0.15) is 91.0 Å². The number of hydrogen-bond acceptors (Lipinski definition) is 15. The fourth-order valence-electron chi connectivity index (χ4n) is 8.20. The zero-order valence-electron chi connectivity index (χ0n) is 44.9. The SMILES string of the molecule is CC(=O)NCCCC[C@H](NC(=O)[C@H](CCCCNC(=O)c1ccc([N+](C)(C)C)c(C(F)(F)F)c1)NC(=O)CCOCCOCCOCCNC(=O)COc1ccc2c(C(=O)NCC(=O)N3CCC[C@H]3C#N)ccnc2c1)C(=O)[O-]. The molecule has 1 saturated heterocycles. The van der Waals surface area contributed by atoms with Crippen LogP contribution in [0.5, 0.6) is 5.75 Å². The number of nitrogens with one attached hydrogen (secondary N) is 6. The van der Waals surface area contributed by atoms with E-state index >= 15 is 0 Å². The molecule has 432 valence electrons. The van der Waals surface area contributed by atoms with Crippen LogP contribution in [0.4, 0.5) is 18.9 Å². The number of carbonyl (C=O) groups excluding carboxylic acids is 8. The number of halogens is 3. The molecule has 1 aromatic heterocycles. The van der Waals surface area contributed by atoms with Gasteiger partial charge in [0.05, 0.1) is 96.5 Å². The minimum absolute atomic E-state index is 0.00938. The molecule has 2 aromatic carbocycles. The van der Waals surface area contributed by atoms with Gasteiger partial charge in [0.15, 0.2) is 6.61 Å². The Labute approximate surface area is 456 Å². The molecule has 0 unspecified atom stereocenters. The van der Waals surface area contributed by atoms with Crippen LogP contribution in [-0.2, 0) is 49.2 Å². The largest absolute Gasteiger partial charge is 0.548 e. The molecule has 0 aliphatic carbocycles. The quantitative estimate of drug-likeness (QED) is 0.0362. The number of benzene rings is 2. The number of hydrogen-bond donors (Lipinski definition) is 6. The molecule has 3 atom stereocenters. The molecular weight excluding hydrogens is 1040 g/mol. The third-order valence-electron chi connectivity index (χ3n) is 12.3. The molecule has 1 fully saturated rings. The Balaban J connectivity index is 1.11. The van der Waals surface area contributed by atoms with Crippen LogP contribution in [0.2, 0.25) is 0 Å². The molecule has 0 radical (unpaired) electrons. The van der Waals surface area contributed by atoms with Gasteiger partial charge in [-0.05, 0) is 81.7 Å². The second-order valence-corrected chi connectivity index (χ2v) is 19.3. The number of aliphatic carboxylic acids is 1. The van der Waals surface area contributed by atoms with E-state index in [0.29, 0.717) is 54.6 Å². The zero-order chi connectivity index (χ0) is 58.0. The van der Waals surface area contributed by atoms with Gasteiger partial charge in [0, 0.05) is 68.8 Å². The number of pyridine rings is 1. The number of carboxylic acids is 1. The van der Waals surface area contributed by atoms with Gasteiger partial charge in [0.2, 0.25) is 23.6 Å². The molecule has 23 nitrogen and oxygen atoms in total. The topological polar surface area (TPSA) is 309 Å². The van der Waals surface area contributed by atoms with Gasteiger partial charge in [-0.3, -0.25) is 43.0 Å². The van der Waals surface area contributed by atoms with Crippen LogP contribution in [0, 0.1) is 11.3 Å². The van der Waals surface area contributed by atoms with E-state index in [9.17, 15) is 61.9 Å². The highest BCUT2D eigenvalue weighted by Gasteiger charge is 2.39. The number of rotatable bonds is 34. The second-order valence-electron chi connectivity index (χ2n) is 19.3. The van der Waals surface area contributed by atoms with Gasteiger partial charge >= 0.3 is 6.18 Å².